The second kappa shape index (κ2) is 6.38. The fourth-order valence-electron chi connectivity index (χ4n) is 2.00. The van der Waals surface area contributed by atoms with Crippen LogP contribution < -0.4 is 0 Å². The molecule has 0 heterocycles. The summed E-state index contributed by atoms with van der Waals surface area (Å²) in [6, 6.07) is 11.0. The summed E-state index contributed by atoms with van der Waals surface area (Å²) in [4.78, 5) is -0.239. The highest BCUT2D eigenvalue weighted by Crippen LogP contribution is 2.21. The van der Waals surface area contributed by atoms with Crippen LogP contribution in [0.15, 0.2) is 58.3 Å². The molecule has 2 aromatic carbocycles. The predicted octanol–water partition coefficient (Wildman–Crippen LogP) is 2.05. The normalized spacial score (nSPS) is 12.5. The molecule has 0 spiro atoms. The van der Waals surface area contributed by atoms with Crippen LogP contribution >= 0.6 is 0 Å². The first-order valence-electron chi connectivity index (χ1n) is 6.62. The van der Waals surface area contributed by atoms with Crippen LogP contribution in [0.25, 0.3) is 0 Å². The zero-order valence-electron chi connectivity index (χ0n) is 12.6. The van der Waals surface area contributed by atoms with E-state index in [1.165, 1.54) is 43.4 Å². The molecule has 8 heteroatoms. The van der Waals surface area contributed by atoms with E-state index in [-0.39, 0.29) is 21.9 Å². The Morgan fingerprint density at radius 1 is 0.957 bits per heavy atom. The fraction of sp³-hybridized carbons (Fsp3) is 0.200. The molecule has 0 aliphatic rings. The Morgan fingerprint density at radius 2 is 1.57 bits per heavy atom. The average Bonchev–Trinajstić information content (AvgIpc) is 2.48. The molecule has 0 aliphatic heterocycles. The molecule has 0 fully saturated rings. The van der Waals surface area contributed by atoms with Gasteiger partial charge >= 0.3 is 0 Å². The third-order valence-electron chi connectivity index (χ3n) is 3.29. The Balaban J connectivity index is 2.37. The van der Waals surface area contributed by atoms with Crippen LogP contribution in [0.3, 0.4) is 0 Å². The third kappa shape index (κ3) is 3.95. The summed E-state index contributed by atoms with van der Waals surface area (Å²) in [5.74, 6) is -0.501. The zero-order chi connectivity index (χ0) is 17.3. The van der Waals surface area contributed by atoms with Crippen LogP contribution in [0.1, 0.15) is 5.56 Å². The number of nitrogens with zero attached hydrogens (tertiary/aromatic N) is 1. The summed E-state index contributed by atoms with van der Waals surface area (Å²) in [6.45, 7) is -0.155. The van der Waals surface area contributed by atoms with Gasteiger partial charge in [0.2, 0.25) is 10.0 Å². The lowest BCUT2D eigenvalue weighted by Crippen LogP contribution is -2.27. The van der Waals surface area contributed by atoms with E-state index in [1.807, 2.05) is 0 Å². The number of hydrogen-bond donors (Lipinski definition) is 0. The number of sulfonamides is 1. The van der Waals surface area contributed by atoms with Gasteiger partial charge in [0.05, 0.1) is 9.79 Å². The van der Waals surface area contributed by atoms with E-state index in [2.05, 4.69) is 0 Å². The zero-order valence-corrected chi connectivity index (χ0v) is 14.2. The minimum Gasteiger partial charge on any atom is -0.224 e. The molecule has 0 aliphatic carbocycles. The lowest BCUT2D eigenvalue weighted by atomic mass is 10.2. The Labute approximate surface area is 135 Å². The summed E-state index contributed by atoms with van der Waals surface area (Å²) < 4.78 is 62.8. The van der Waals surface area contributed by atoms with Crippen molar-refractivity contribution in [2.75, 3.05) is 13.3 Å². The minimum atomic E-state index is -3.93. The number of halogens is 1. The van der Waals surface area contributed by atoms with Crippen molar-refractivity contribution in [1.29, 1.82) is 0 Å². The van der Waals surface area contributed by atoms with Gasteiger partial charge in [-0.05, 0) is 24.3 Å². The van der Waals surface area contributed by atoms with Crippen LogP contribution in [0.5, 0.6) is 0 Å². The second-order valence-corrected chi connectivity index (χ2v) is 9.16. The molecule has 0 atom stereocenters. The van der Waals surface area contributed by atoms with Crippen molar-refractivity contribution in [2.24, 2.45) is 0 Å². The van der Waals surface area contributed by atoms with Gasteiger partial charge in [-0.1, -0.05) is 24.3 Å². The van der Waals surface area contributed by atoms with Crippen LogP contribution in [-0.2, 0) is 26.4 Å². The third-order valence-corrected chi connectivity index (χ3v) is 6.20. The molecule has 2 rings (SSSR count). The molecule has 0 N–H and O–H groups in total. The molecule has 124 valence electrons. The number of benzene rings is 2. The topological polar surface area (TPSA) is 71.5 Å². The second-order valence-electron chi connectivity index (χ2n) is 5.10. The Kier molecular flexibility index (Phi) is 4.88. The van der Waals surface area contributed by atoms with Gasteiger partial charge in [-0.25, -0.2) is 21.2 Å². The summed E-state index contributed by atoms with van der Waals surface area (Å²) in [5, 5.41) is 0. The standard InChI is InChI=1S/C15H16FNO4S2/c1-17(11-12-6-3-4-9-15(12)16)23(20,21)14-8-5-7-13(10-14)22(2,18)19/h3-10H,11H2,1-2H3. The summed E-state index contributed by atoms with van der Waals surface area (Å²) in [7, 11) is -6.14. The maximum absolute atomic E-state index is 13.7. The Hall–Kier alpha value is -1.77. The van der Waals surface area contributed by atoms with Crippen molar-refractivity contribution >= 4 is 19.9 Å². The molecule has 0 radical (unpaired) electrons. The average molecular weight is 357 g/mol. The van der Waals surface area contributed by atoms with Gasteiger partial charge in [0.15, 0.2) is 9.84 Å². The van der Waals surface area contributed by atoms with Gasteiger partial charge in [0.1, 0.15) is 5.82 Å². The monoisotopic (exact) mass is 357 g/mol. The molecular weight excluding hydrogens is 341 g/mol. The molecule has 0 aromatic heterocycles. The first-order chi connectivity index (χ1) is 10.6. The molecule has 0 saturated heterocycles. The lowest BCUT2D eigenvalue weighted by molar-refractivity contribution is 0.456. The summed E-state index contributed by atoms with van der Waals surface area (Å²) in [5.41, 5.74) is 0.234. The Bertz CT molecular complexity index is 924. The van der Waals surface area contributed by atoms with Gasteiger partial charge in [0, 0.05) is 25.4 Å². The van der Waals surface area contributed by atoms with E-state index >= 15 is 0 Å². The van der Waals surface area contributed by atoms with Crippen LogP contribution in [0.4, 0.5) is 4.39 Å². The van der Waals surface area contributed by atoms with Crippen LogP contribution in [-0.4, -0.2) is 34.4 Å². The van der Waals surface area contributed by atoms with Crippen molar-refractivity contribution in [3.63, 3.8) is 0 Å². The van der Waals surface area contributed by atoms with Gasteiger partial charge in [-0.3, -0.25) is 0 Å². The quantitative estimate of drug-likeness (QED) is 0.821. The first-order valence-corrected chi connectivity index (χ1v) is 9.95. The van der Waals surface area contributed by atoms with Crippen molar-refractivity contribution in [2.45, 2.75) is 16.3 Å². The van der Waals surface area contributed by atoms with Gasteiger partial charge in [-0.15, -0.1) is 0 Å². The predicted molar refractivity (Wildman–Crippen MR) is 84.6 cm³/mol. The van der Waals surface area contributed by atoms with Crippen molar-refractivity contribution in [3.8, 4) is 0 Å². The maximum Gasteiger partial charge on any atom is 0.243 e. The summed E-state index contributed by atoms with van der Waals surface area (Å²) >= 11 is 0. The van der Waals surface area contributed by atoms with Crippen molar-refractivity contribution < 1.29 is 21.2 Å². The maximum atomic E-state index is 13.7. The summed E-state index contributed by atoms with van der Waals surface area (Å²) in [6.07, 6.45) is 1.00. The van der Waals surface area contributed by atoms with E-state index in [9.17, 15) is 21.2 Å². The smallest absolute Gasteiger partial charge is 0.224 e. The molecule has 0 unspecified atom stereocenters. The molecule has 23 heavy (non-hydrogen) atoms. The lowest BCUT2D eigenvalue weighted by Gasteiger charge is -2.18. The molecule has 0 saturated carbocycles. The van der Waals surface area contributed by atoms with Gasteiger partial charge in [0.25, 0.3) is 0 Å². The van der Waals surface area contributed by atoms with Crippen LogP contribution in [0, 0.1) is 5.82 Å². The van der Waals surface area contributed by atoms with Gasteiger partial charge < -0.3 is 0 Å². The van der Waals surface area contributed by atoms with E-state index in [4.69, 9.17) is 0 Å². The molecule has 5 nitrogen and oxygen atoms in total. The molecular formula is C15H16FNO4S2. The highest BCUT2D eigenvalue weighted by atomic mass is 32.2. The largest absolute Gasteiger partial charge is 0.243 e. The van der Waals surface area contributed by atoms with Crippen molar-refractivity contribution in [1.82, 2.24) is 4.31 Å². The minimum absolute atomic E-state index is 0.0853. The SMILES string of the molecule is CN(Cc1ccccc1F)S(=O)(=O)c1cccc(S(C)(=O)=O)c1. The van der Waals surface area contributed by atoms with Crippen LogP contribution in [0.2, 0.25) is 0 Å². The molecule has 0 amide bonds. The highest BCUT2D eigenvalue weighted by molar-refractivity contribution is 7.91. The Morgan fingerprint density at radius 3 is 2.17 bits per heavy atom. The van der Waals surface area contributed by atoms with E-state index in [0.29, 0.717) is 0 Å². The molecule has 0 bridgehead atoms. The van der Waals surface area contributed by atoms with E-state index in [0.717, 1.165) is 16.6 Å². The number of sulfone groups is 1. The van der Waals surface area contributed by atoms with Gasteiger partial charge in [-0.2, -0.15) is 4.31 Å². The van der Waals surface area contributed by atoms with E-state index < -0.39 is 25.7 Å². The highest BCUT2D eigenvalue weighted by Gasteiger charge is 2.23. The fourth-order valence-corrected chi connectivity index (χ4v) is 3.93. The first kappa shape index (κ1) is 17.6. The van der Waals surface area contributed by atoms with Crippen molar-refractivity contribution in [3.05, 3.63) is 59.9 Å². The van der Waals surface area contributed by atoms with E-state index in [1.54, 1.807) is 6.07 Å². The molecule has 2 aromatic rings. The number of rotatable bonds is 5. The number of hydrogen-bond acceptors (Lipinski definition) is 4.